The van der Waals surface area contributed by atoms with Crippen molar-refractivity contribution in [2.75, 3.05) is 13.7 Å². The van der Waals surface area contributed by atoms with Gasteiger partial charge in [-0.25, -0.2) is 9.59 Å². The lowest BCUT2D eigenvalue weighted by atomic mass is 10.1. The lowest BCUT2D eigenvalue weighted by Crippen LogP contribution is -2.38. The molecular formula is C20H31NO5. The molecule has 0 aliphatic rings. The van der Waals surface area contributed by atoms with Crippen LogP contribution in [-0.4, -0.2) is 31.4 Å². The average Bonchev–Trinajstić information content (AvgIpc) is 2.56. The molecule has 0 aromatic heterocycles. The summed E-state index contributed by atoms with van der Waals surface area (Å²) in [6.07, 6.45) is 1.56. The number of benzene rings is 1. The first-order valence-electron chi connectivity index (χ1n) is 8.96. The van der Waals surface area contributed by atoms with E-state index in [1.54, 1.807) is 45.0 Å². The quantitative estimate of drug-likeness (QED) is 0.698. The summed E-state index contributed by atoms with van der Waals surface area (Å²) in [5.74, 6) is 0.634. The minimum atomic E-state index is -0.942. The number of esters is 1. The van der Waals surface area contributed by atoms with E-state index >= 15 is 0 Å². The van der Waals surface area contributed by atoms with Gasteiger partial charge in [0.15, 0.2) is 6.04 Å². The molecule has 0 heterocycles. The van der Waals surface area contributed by atoms with Crippen molar-refractivity contribution in [3.8, 4) is 5.75 Å². The molecule has 6 heteroatoms. The Kier molecular flexibility index (Phi) is 8.42. The zero-order chi connectivity index (χ0) is 19.7. The van der Waals surface area contributed by atoms with E-state index in [1.807, 2.05) is 0 Å². The number of rotatable bonds is 8. The molecule has 0 bridgehead atoms. The monoisotopic (exact) mass is 365 g/mol. The SMILES string of the molecule is CCCC(C)COc1ccc(C(NC(=O)OC(C)(C)C)C(=O)OC)cc1. The normalized spacial score (nSPS) is 13.5. The highest BCUT2D eigenvalue weighted by atomic mass is 16.6. The summed E-state index contributed by atoms with van der Waals surface area (Å²) in [5, 5.41) is 2.55. The van der Waals surface area contributed by atoms with Crippen LogP contribution in [0.4, 0.5) is 4.79 Å². The second-order valence-corrected chi connectivity index (χ2v) is 7.38. The molecule has 0 saturated heterocycles. The Morgan fingerprint density at radius 1 is 1.15 bits per heavy atom. The Balaban J connectivity index is 2.79. The van der Waals surface area contributed by atoms with Crippen LogP contribution in [0.5, 0.6) is 5.75 Å². The van der Waals surface area contributed by atoms with E-state index in [9.17, 15) is 9.59 Å². The van der Waals surface area contributed by atoms with E-state index in [4.69, 9.17) is 14.2 Å². The number of nitrogens with one attached hydrogen (secondary N) is 1. The summed E-state index contributed by atoms with van der Waals surface area (Å²) in [6.45, 7) is 10.2. The molecule has 0 aliphatic heterocycles. The van der Waals surface area contributed by atoms with Gasteiger partial charge in [-0.15, -0.1) is 0 Å². The van der Waals surface area contributed by atoms with Crippen LogP contribution in [-0.2, 0) is 14.3 Å². The van der Waals surface area contributed by atoms with Gasteiger partial charge in [-0.3, -0.25) is 0 Å². The summed E-state index contributed by atoms with van der Waals surface area (Å²) in [7, 11) is 1.28. The Morgan fingerprint density at radius 3 is 2.27 bits per heavy atom. The minimum Gasteiger partial charge on any atom is -0.493 e. The van der Waals surface area contributed by atoms with E-state index < -0.39 is 23.7 Å². The Labute approximate surface area is 156 Å². The summed E-state index contributed by atoms with van der Waals surface area (Å²) < 4.78 is 15.8. The topological polar surface area (TPSA) is 73.9 Å². The highest BCUT2D eigenvalue weighted by Gasteiger charge is 2.26. The maximum absolute atomic E-state index is 12.1. The van der Waals surface area contributed by atoms with Crippen LogP contribution in [0.15, 0.2) is 24.3 Å². The molecule has 1 N–H and O–H groups in total. The lowest BCUT2D eigenvalue weighted by Gasteiger charge is -2.23. The molecule has 1 aromatic rings. The average molecular weight is 365 g/mol. The van der Waals surface area contributed by atoms with E-state index in [-0.39, 0.29) is 0 Å². The molecule has 0 spiro atoms. The van der Waals surface area contributed by atoms with Gasteiger partial charge in [0, 0.05) is 0 Å². The third kappa shape index (κ3) is 7.76. The Morgan fingerprint density at radius 2 is 1.77 bits per heavy atom. The van der Waals surface area contributed by atoms with Crippen molar-refractivity contribution in [3.63, 3.8) is 0 Å². The van der Waals surface area contributed by atoms with Gasteiger partial charge in [0.2, 0.25) is 0 Å². The molecule has 1 aromatic carbocycles. The fraction of sp³-hybridized carbons (Fsp3) is 0.600. The zero-order valence-electron chi connectivity index (χ0n) is 16.6. The van der Waals surface area contributed by atoms with Gasteiger partial charge in [0.1, 0.15) is 11.4 Å². The van der Waals surface area contributed by atoms with Crippen molar-refractivity contribution in [3.05, 3.63) is 29.8 Å². The first-order chi connectivity index (χ1) is 12.2. The van der Waals surface area contributed by atoms with Gasteiger partial charge >= 0.3 is 12.1 Å². The predicted octanol–water partition coefficient (Wildman–Crippen LogP) is 4.24. The Hall–Kier alpha value is -2.24. The summed E-state index contributed by atoms with van der Waals surface area (Å²) in [6, 6.07) is 6.09. The summed E-state index contributed by atoms with van der Waals surface area (Å²) in [5.41, 5.74) is -0.0610. The van der Waals surface area contributed by atoms with Gasteiger partial charge in [-0.2, -0.15) is 0 Å². The van der Waals surface area contributed by atoms with Crippen molar-refractivity contribution in [2.24, 2.45) is 5.92 Å². The van der Waals surface area contributed by atoms with Gasteiger partial charge < -0.3 is 19.5 Å². The molecule has 26 heavy (non-hydrogen) atoms. The van der Waals surface area contributed by atoms with E-state index in [0.717, 1.165) is 18.6 Å². The third-order valence-corrected chi connectivity index (χ3v) is 3.63. The van der Waals surface area contributed by atoms with Gasteiger partial charge in [0.05, 0.1) is 13.7 Å². The first kappa shape index (κ1) is 21.8. The van der Waals surface area contributed by atoms with Crippen LogP contribution in [0.25, 0.3) is 0 Å². The second-order valence-electron chi connectivity index (χ2n) is 7.38. The molecular weight excluding hydrogens is 334 g/mol. The van der Waals surface area contributed by atoms with E-state index in [1.165, 1.54) is 7.11 Å². The smallest absolute Gasteiger partial charge is 0.408 e. The molecule has 1 amide bonds. The molecule has 2 atom stereocenters. The molecule has 0 aliphatic carbocycles. The molecule has 1 rings (SSSR count). The lowest BCUT2D eigenvalue weighted by molar-refractivity contribution is -0.143. The first-order valence-corrected chi connectivity index (χ1v) is 8.96. The molecule has 146 valence electrons. The molecule has 0 fully saturated rings. The van der Waals surface area contributed by atoms with Crippen molar-refractivity contribution in [1.82, 2.24) is 5.32 Å². The number of amides is 1. The van der Waals surface area contributed by atoms with E-state index in [0.29, 0.717) is 18.1 Å². The molecule has 6 nitrogen and oxygen atoms in total. The van der Waals surface area contributed by atoms with Crippen LogP contribution >= 0.6 is 0 Å². The zero-order valence-corrected chi connectivity index (χ0v) is 16.6. The van der Waals surface area contributed by atoms with Crippen molar-refractivity contribution in [2.45, 2.75) is 59.1 Å². The van der Waals surface area contributed by atoms with Crippen molar-refractivity contribution in [1.29, 1.82) is 0 Å². The highest BCUT2D eigenvalue weighted by molar-refractivity contribution is 5.82. The van der Waals surface area contributed by atoms with Gasteiger partial charge in [-0.05, 0) is 50.8 Å². The summed E-state index contributed by atoms with van der Waals surface area (Å²) >= 11 is 0. The van der Waals surface area contributed by atoms with Crippen LogP contribution < -0.4 is 10.1 Å². The molecule has 2 unspecified atom stereocenters. The second kappa shape index (κ2) is 10.0. The minimum absolute atomic E-state index is 0.483. The number of methoxy groups -OCH3 is 1. The molecule has 0 radical (unpaired) electrons. The third-order valence-electron chi connectivity index (χ3n) is 3.63. The Bertz CT molecular complexity index is 577. The number of alkyl carbamates (subject to hydrolysis) is 1. The standard InChI is InChI=1S/C20H31NO5/c1-7-8-14(2)13-25-16-11-9-15(10-12-16)17(18(22)24-6)21-19(23)26-20(3,4)5/h9-12,14,17H,7-8,13H2,1-6H3,(H,21,23). The maximum atomic E-state index is 12.1. The van der Waals surface area contributed by atoms with Gasteiger partial charge in [0.25, 0.3) is 0 Å². The van der Waals surface area contributed by atoms with Crippen molar-refractivity contribution < 1.29 is 23.8 Å². The number of ether oxygens (including phenoxy) is 3. The number of hydrogen-bond donors (Lipinski definition) is 1. The van der Waals surface area contributed by atoms with Crippen molar-refractivity contribution >= 4 is 12.1 Å². The summed E-state index contributed by atoms with van der Waals surface area (Å²) in [4.78, 5) is 24.1. The molecule has 0 saturated carbocycles. The van der Waals surface area contributed by atoms with Crippen LogP contribution in [0.1, 0.15) is 59.1 Å². The maximum Gasteiger partial charge on any atom is 0.408 e. The fourth-order valence-corrected chi connectivity index (χ4v) is 2.39. The van der Waals surface area contributed by atoms with Crippen LogP contribution in [0.2, 0.25) is 0 Å². The number of hydrogen-bond acceptors (Lipinski definition) is 5. The van der Waals surface area contributed by atoms with E-state index in [2.05, 4.69) is 19.2 Å². The predicted molar refractivity (Wildman–Crippen MR) is 100 cm³/mol. The van der Waals surface area contributed by atoms with Crippen LogP contribution in [0, 0.1) is 5.92 Å². The van der Waals surface area contributed by atoms with Crippen LogP contribution in [0.3, 0.4) is 0 Å². The number of carbonyl (C=O) groups excluding carboxylic acids is 2. The number of carbonyl (C=O) groups is 2. The largest absolute Gasteiger partial charge is 0.493 e. The van der Waals surface area contributed by atoms with Gasteiger partial charge in [-0.1, -0.05) is 32.4 Å². The highest BCUT2D eigenvalue weighted by Crippen LogP contribution is 2.21. The fourth-order valence-electron chi connectivity index (χ4n) is 2.39.